The highest BCUT2D eigenvalue weighted by molar-refractivity contribution is 5.59. The van der Waals surface area contributed by atoms with Crippen molar-refractivity contribution < 1.29 is 9.66 Å². The standard InChI is InChI=1S/C9H12N4O3/c1-2-16-9-6(13(14)15)7(10)11-8(12-9)5-3-4-5/h5H,2-4H2,1H3,(H2,10,11,12). The van der Waals surface area contributed by atoms with Crippen LogP contribution in [0.4, 0.5) is 11.5 Å². The van der Waals surface area contributed by atoms with E-state index in [4.69, 9.17) is 10.5 Å². The summed E-state index contributed by atoms with van der Waals surface area (Å²) < 4.78 is 5.12. The molecule has 1 saturated carbocycles. The second kappa shape index (κ2) is 3.92. The number of hydrogen-bond donors (Lipinski definition) is 1. The van der Waals surface area contributed by atoms with E-state index in [2.05, 4.69) is 9.97 Å². The van der Waals surface area contributed by atoms with E-state index >= 15 is 0 Å². The van der Waals surface area contributed by atoms with Gasteiger partial charge in [0.05, 0.1) is 11.5 Å². The van der Waals surface area contributed by atoms with Gasteiger partial charge in [0, 0.05) is 5.92 Å². The molecule has 1 heterocycles. The number of hydrogen-bond acceptors (Lipinski definition) is 6. The highest BCUT2D eigenvalue weighted by Gasteiger charge is 2.31. The lowest BCUT2D eigenvalue weighted by Crippen LogP contribution is -2.08. The molecule has 86 valence electrons. The summed E-state index contributed by atoms with van der Waals surface area (Å²) in [4.78, 5) is 18.2. The Hall–Kier alpha value is -1.92. The van der Waals surface area contributed by atoms with E-state index < -0.39 is 4.92 Å². The third-order valence-corrected chi connectivity index (χ3v) is 2.30. The van der Waals surface area contributed by atoms with E-state index in [1.54, 1.807) is 6.92 Å². The zero-order chi connectivity index (χ0) is 11.7. The van der Waals surface area contributed by atoms with Gasteiger partial charge in [0.15, 0.2) is 0 Å². The average molecular weight is 224 g/mol. The molecule has 1 aromatic heterocycles. The minimum absolute atomic E-state index is 0.0260. The van der Waals surface area contributed by atoms with Crippen LogP contribution in [0.3, 0.4) is 0 Å². The molecule has 16 heavy (non-hydrogen) atoms. The van der Waals surface area contributed by atoms with Crippen LogP contribution in [0.1, 0.15) is 31.5 Å². The molecule has 7 heteroatoms. The van der Waals surface area contributed by atoms with Gasteiger partial charge >= 0.3 is 5.69 Å². The SMILES string of the molecule is CCOc1nc(C2CC2)nc(N)c1[N+](=O)[O-]. The molecule has 0 aliphatic heterocycles. The summed E-state index contributed by atoms with van der Waals surface area (Å²) in [6.07, 6.45) is 2.01. The fourth-order valence-corrected chi connectivity index (χ4v) is 1.40. The number of nitro groups is 1. The van der Waals surface area contributed by atoms with Crippen LogP contribution in [0.5, 0.6) is 5.88 Å². The van der Waals surface area contributed by atoms with Crippen LogP contribution in [0, 0.1) is 10.1 Å². The molecular weight excluding hydrogens is 212 g/mol. The lowest BCUT2D eigenvalue weighted by Gasteiger charge is -2.06. The van der Waals surface area contributed by atoms with Crippen molar-refractivity contribution in [3.63, 3.8) is 0 Å². The van der Waals surface area contributed by atoms with Crippen LogP contribution < -0.4 is 10.5 Å². The van der Waals surface area contributed by atoms with E-state index in [0.717, 1.165) is 12.8 Å². The molecule has 0 amide bonds. The van der Waals surface area contributed by atoms with Crippen LogP contribution in [-0.4, -0.2) is 21.5 Å². The van der Waals surface area contributed by atoms with E-state index in [1.165, 1.54) is 0 Å². The Morgan fingerprint density at radius 2 is 2.25 bits per heavy atom. The first-order valence-corrected chi connectivity index (χ1v) is 5.08. The van der Waals surface area contributed by atoms with E-state index in [1.807, 2.05) is 0 Å². The van der Waals surface area contributed by atoms with Gasteiger partial charge in [0.25, 0.3) is 5.88 Å². The second-order valence-corrected chi connectivity index (χ2v) is 3.59. The molecule has 1 fully saturated rings. The highest BCUT2D eigenvalue weighted by atomic mass is 16.6. The Balaban J connectivity index is 2.46. The van der Waals surface area contributed by atoms with Gasteiger partial charge in [-0.05, 0) is 19.8 Å². The van der Waals surface area contributed by atoms with Gasteiger partial charge in [-0.25, -0.2) is 4.98 Å². The molecule has 2 rings (SSSR count). The minimum atomic E-state index is -0.614. The van der Waals surface area contributed by atoms with Crippen molar-refractivity contribution in [3.8, 4) is 5.88 Å². The molecule has 2 N–H and O–H groups in total. The van der Waals surface area contributed by atoms with Crippen LogP contribution in [0.2, 0.25) is 0 Å². The number of nitrogens with zero attached hydrogens (tertiary/aromatic N) is 3. The van der Waals surface area contributed by atoms with Crippen molar-refractivity contribution in [2.75, 3.05) is 12.3 Å². The predicted octanol–water partition coefficient (Wildman–Crippen LogP) is 1.24. The summed E-state index contributed by atoms with van der Waals surface area (Å²) in [5.41, 5.74) is 5.20. The molecule has 1 aliphatic rings. The van der Waals surface area contributed by atoms with Crippen molar-refractivity contribution >= 4 is 11.5 Å². The van der Waals surface area contributed by atoms with Crippen molar-refractivity contribution in [1.82, 2.24) is 9.97 Å². The molecule has 0 atom stereocenters. The fraction of sp³-hybridized carbons (Fsp3) is 0.556. The zero-order valence-corrected chi connectivity index (χ0v) is 8.84. The van der Waals surface area contributed by atoms with Gasteiger partial charge in [-0.15, -0.1) is 0 Å². The third-order valence-electron chi connectivity index (χ3n) is 2.30. The fourth-order valence-electron chi connectivity index (χ4n) is 1.40. The number of nitrogens with two attached hydrogens (primary N) is 1. The largest absolute Gasteiger partial charge is 0.473 e. The summed E-state index contributed by atoms with van der Waals surface area (Å²) in [5.74, 6) is 0.682. The maximum atomic E-state index is 10.8. The first-order valence-electron chi connectivity index (χ1n) is 5.08. The maximum absolute atomic E-state index is 10.8. The van der Waals surface area contributed by atoms with Crippen molar-refractivity contribution in [1.29, 1.82) is 0 Å². The number of aromatic nitrogens is 2. The van der Waals surface area contributed by atoms with Crippen LogP contribution in [-0.2, 0) is 0 Å². The molecular formula is C9H12N4O3. The summed E-state index contributed by atoms with van der Waals surface area (Å²) in [5, 5.41) is 10.8. The van der Waals surface area contributed by atoms with Gasteiger partial charge in [0.1, 0.15) is 5.82 Å². The van der Waals surface area contributed by atoms with Gasteiger partial charge in [-0.1, -0.05) is 0 Å². The Morgan fingerprint density at radius 1 is 1.56 bits per heavy atom. The summed E-state index contributed by atoms with van der Waals surface area (Å²) in [6.45, 7) is 2.04. The van der Waals surface area contributed by atoms with Gasteiger partial charge in [-0.3, -0.25) is 10.1 Å². The van der Waals surface area contributed by atoms with Crippen molar-refractivity contribution in [3.05, 3.63) is 15.9 Å². The molecule has 0 bridgehead atoms. The smallest absolute Gasteiger partial charge is 0.372 e. The molecule has 0 unspecified atom stereocenters. The van der Waals surface area contributed by atoms with Crippen molar-refractivity contribution in [2.24, 2.45) is 0 Å². The molecule has 0 spiro atoms. The van der Waals surface area contributed by atoms with Crippen LogP contribution >= 0.6 is 0 Å². The Kier molecular flexibility index (Phi) is 2.59. The predicted molar refractivity (Wildman–Crippen MR) is 56.2 cm³/mol. The monoisotopic (exact) mass is 224 g/mol. The molecule has 0 radical (unpaired) electrons. The normalized spacial score (nSPS) is 14.8. The summed E-state index contributed by atoms with van der Waals surface area (Å²) in [7, 11) is 0. The first-order chi connectivity index (χ1) is 7.63. The van der Waals surface area contributed by atoms with E-state index in [-0.39, 0.29) is 23.3 Å². The number of nitrogen functional groups attached to an aromatic ring is 1. The molecule has 0 aromatic carbocycles. The average Bonchev–Trinajstić information content (AvgIpc) is 2.99. The number of ether oxygens (including phenoxy) is 1. The third kappa shape index (κ3) is 1.88. The quantitative estimate of drug-likeness (QED) is 0.609. The van der Waals surface area contributed by atoms with Gasteiger partial charge in [-0.2, -0.15) is 4.98 Å². The zero-order valence-electron chi connectivity index (χ0n) is 8.84. The second-order valence-electron chi connectivity index (χ2n) is 3.59. The number of rotatable bonds is 4. The molecule has 1 aliphatic carbocycles. The minimum Gasteiger partial charge on any atom is -0.473 e. The van der Waals surface area contributed by atoms with Crippen molar-refractivity contribution in [2.45, 2.75) is 25.7 Å². The maximum Gasteiger partial charge on any atom is 0.372 e. The van der Waals surface area contributed by atoms with E-state index in [9.17, 15) is 10.1 Å². The highest BCUT2D eigenvalue weighted by Crippen LogP contribution is 2.41. The topological polar surface area (TPSA) is 104 Å². The van der Waals surface area contributed by atoms with E-state index in [0.29, 0.717) is 12.4 Å². The Labute approximate surface area is 91.8 Å². The molecule has 1 aromatic rings. The first kappa shape index (κ1) is 10.6. The van der Waals surface area contributed by atoms with Gasteiger partial charge < -0.3 is 10.5 Å². The lowest BCUT2D eigenvalue weighted by atomic mass is 10.3. The summed E-state index contributed by atoms with van der Waals surface area (Å²) in [6, 6.07) is 0. The Morgan fingerprint density at radius 3 is 2.75 bits per heavy atom. The lowest BCUT2D eigenvalue weighted by molar-refractivity contribution is -0.385. The number of anilines is 1. The summed E-state index contributed by atoms with van der Waals surface area (Å²) >= 11 is 0. The Bertz CT molecular complexity index is 431. The molecule has 7 nitrogen and oxygen atoms in total. The van der Waals surface area contributed by atoms with Crippen LogP contribution in [0.15, 0.2) is 0 Å². The van der Waals surface area contributed by atoms with Crippen LogP contribution in [0.25, 0.3) is 0 Å². The molecule has 0 saturated heterocycles. The van der Waals surface area contributed by atoms with Gasteiger partial charge in [0.2, 0.25) is 5.82 Å².